The van der Waals surface area contributed by atoms with E-state index in [-0.39, 0.29) is 32.0 Å². The molecule has 0 N–H and O–H groups in total. The predicted molar refractivity (Wildman–Crippen MR) is 54.6 cm³/mol. The van der Waals surface area contributed by atoms with Crippen molar-refractivity contribution in [3.8, 4) is 0 Å². The lowest BCUT2D eigenvalue weighted by molar-refractivity contribution is -0.139. The molecule has 0 bridgehead atoms. The van der Waals surface area contributed by atoms with Gasteiger partial charge in [0.05, 0.1) is 6.04 Å². The molecule has 0 saturated carbocycles. The topological polar surface area (TPSA) is 65.1 Å². The number of hydrogen-bond acceptors (Lipinski definition) is 5. The molecule has 1 atom stereocenters. The Balaban J connectivity index is 2.54. The molecule has 16 heavy (non-hydrogen) atoms. The number of rotatable bonds is 5. The van der Waals surface area contributed by atoms with Crippen LogP contribution in [-0.4, -0.2) is 50.1 Å². The molecular formula is C10H17NO5. The number of carbonyl (C=O) groups excluding carboxylic acids is 2. The van der Waals surface area contributed by atoms with Crippen LogP contribution in [0.15, 0.2) is 0 Å². The van der Waals surface area contributed by atoms with Gasteiger partial charge in [-0.2, -0.15) is 0 Å². The number of imide groups is 1. The first-order valence-electron chi connectivity index (χ1n) is 5.13. The van der Waals surface area contributed by atoms with Gasteiger partial charge < -0.3 is 14.2 Å². The van der Waals surface area contributed by atoms with Crippen LogP contribution in [-0.2, 0) is 19.0 Å². The highest BCUT2D eigenvalue weighted by Crippen LogP contribution is 2.19. The molecule has 92 valence electrons. The quantitative estimate of drug-likeness (QED) is 0.512. The van der Waals surface area contributed by atoms with Gasteiger partial charge in [-0.05, 0) is 5.92 Å². The molecule has 1 saturated heterocycles. The van der Waals surface area contributed by atoms with Crippen molar-refractivity contribution in [3.63, 3.8) is 0 Å². The van der Waals surface area contributed by atoms with Crippen LogP contribution in [0.4, 0.5) is 4.79 Å². The summed E-state index contributed by atoms with van der Waals surface area (Å²) in [4.78, 5) is 24.2. The molecular weight excluding hydrogens is 214 g/mol. The maximum atomic E-state index is 11.7. The average molecular weight is 231 g/mol. The summed E-state index contributed by atoms with van der Waals surface area (Å²) in [5, 5.41) is 0. The van der Waals surface area contributed by atoms with Crippen molar-refractivity contribution in [1.29, 1.82) is 0 Å². The van der Waals surface area contributed by atoms with Crippen molar-refractivity contribution in [1.82, 2.24) is 4.90 Å². The van der Waals surface area contributed by atoms with Crippen LogP contribution in [0, 0.1) is 5.92 Å². The zero-order chi connectivity index (χ0) is 12.1. The summed E-state index contributed by atoms with van der Waals surface area (Å²) < 4.78 is 14.4. The molecule has 6 heteroatoms. The van der Waals surface area contributed by atoms with Gasteiger partial charge in [-0.15, -0.1) is 0 Å². The van der Waals surface area contributed by atoms with E-state index in [1.54, 1.807) is 0 Å². The van der Waals surface area contributed by atoms with Crippen LogP contribution < -0.4 is 0 Å². The number of amides is 2. The highest BCUT2D eigenvalue weighted by molar-refractivity contribution is 5.94. The number of methoxy groups -OCH3 is 1. The SMILES string of the molecule is COCOCC(=O)N1C(=O)OC[C@@H]1C(C)C. The zero-order valence-corrected chi connectivity index (χ0v) is 9.76. The lowest BCUT2D eigenvalue weighted by atomic mass is 10.0. The molecule has 0 radical (unpaired) electrons. The molecule has 0 aromatic rings. The maximum Gasteiger partial charge on any atom is 0.417 e. The highest BCUT2D eigenvalue weighted by atomic mass is 16.7. The molecule has 1 heterocycles. The number of cyclic esters (lactones) is 1. The molecule has 0 aromatic carbocycles. The summed E-state index contributed by atoms with van der Waals surface area (Å²) in [6, 6.07) is -0.203. The van der Waals surface area contributed by atoms with E-state index in [9.17, 15) is 9.59 Å². The normalized spacial score (nSPS) is 20.4. The zero-order valence-electron chi connectivity index (χ0n) is 9.76. The molecule has 0 aromatic heterocycles. The Labute approximate surface area is 94.4 Å². The van der Waals surface area contributed by atoms with E-state index in [1.807, 2.05) is 13.8 Å². The fraction of sp³-hybridized carbons (Fsp3) is 0.800. The fourth-order valence-corrected chi connectivity index (χ4v) is 1.50. The van der Waals surface area contributed by atoms with Crippen LogP contribution in [0.5, 0.6) is 0 Å². The predicted octanol–water partition coefficient (Wildman–Crippen LogP) is 0.610. The van der Waals surface area contributed by atoms with Crippen LogP contribution in [0.25, 0.3) is 0 Å². The van der Waals surface area contributed by atoms with Crippen molar-refractivity contribution in [2.45, 2.75) is 19.9 Å². The molecule has 2 amide bonds. The number of carbonyl (C=O) groups is 2. The Hall–Kier alpha value is -1.14. The van der Waals surface area contributed by atoms with Gasteiger partial charge in [-0.1, -0.05) is 13.8 Å². The fourth-order valence-electron chi connectivity index (χ4n) is 1.50. The summed E-state index contributed by atoms with van der Waals surface area (Å²) in [5.41, 5.74) is 0. The second-order valence-electron chi connectivity index (χ2n) is 3.91. The van der Waals surface area contributed by atoms with E-state index in [2.05, 4.69) is 4.74 Å². The Bertz CT molecular complexity index is 266. The molecule has 1 aliphatic rings. The monoisotopic (exact) mass is 231 g/mol. The van der Waals surface area contributed by atoms with Crippen molar-refractivity contribution in [2.24, 2.45) is 5.92 Å². The van der Waals surface area contributed by atoms with E-state index in [1.165, 1.54) is 7.11 Å². The molecule has 1 aliphatic heterocycles. The Morgan fingerprint density at radius 1 is 1.62 bits per heavy atom. The molecule has 0 spiro atoms. The number of hydrogen-bond donors (Lipinski definition) is 0. The summed E-state index contributed by atoms with van der Waals surface area (Å²) >= 11 is 0. The highest BCUT2D eigenvalue weighted by Gasteiger charge is 2.39. The van der Waals surface area contributed by atoms with Crippen molar-refractivity contribution >= 4 is 12.0 Å². The van der Waals surface area contributed by atoms with Crippen molar-refractivity contribution < 1.29 is 23.8 Å². The number of nitrogens with zero attached hydrogens (tertiary/aromatic N) is 1. The molecule has 0 aliphatic carbocycles. The summed E-state index contributed by atoms with van der Waals surface area (Å²) in [7, 11) is 1.46. The lowest BCUT2D eigenvalue weighted by Gasteiger charge is -2.22. The number of ether oxygens (including phenoxy) is 3. The Morgan fingerprint density at radius 3 is 2.88 bits per heavy atom. The Kier molecular flexibility index (Phi) is 4.70. The minimum Gasteiger partial charge on any atom is -0.447 e. The molecule has 0 unspecified atom stereocenters. The van der Waals surface area contributed by atoms with E-state index >= 15 is 0 Å². The Morgan fingerprint density at radius 2 is 2.31 bits per heavy atom. The third kappa shape index (κ3) is 2.93. The first-order valence-corrected chi connectivity index (χ1v) is 5.13. The van der Waals surface area contributed by atoms with Crippen LogP contribution in [0.3, 0.4) is 0 Å². The summed E-state index contributed by atoms with van der Waals surface area (Å²) in [6.07, 6.45) is -0.593. The molecule has 6 nitrogen and oxygen atoms in total. The van der Waals surface area contributed by atoms with Gasteiger partial charge in [0.1, 0.15) is 20.0 Å². The van der Waals surface area contributed by atoms with Crippen molar-refractivity contribution in [3.05, 3.63) is 0 Å². The van der Waals surface area contributed by atoms with Gasteiger partial charge in [0.2, 0.25) is 0 Å². The average Bonchev–Trinajstić information content (AvgIpc) is 2.60. The smallest absolute Gasteiger partial charge is 0.417 e. The standard InChI is InChI=1S/C10H17NO5/c1-7(2)8-4-16-10(13)11(8)9(12)5-15-6-14-3/h7-8H,4-6H2,1-3H3/t8-/m1/s1. The van der Waals surface area contributed by atoms with Gasteiger partial charge >= 0.3 is 6.09 Å². The third-order valence-electron chi connectivity index (χ3n) is 2.37. The lowest BCUT2D eigenvalue weighted by Crippen LogP contribution is -2.43. The summed E-state index contributed by atoms with van der Waals surface area (Å²) in [5.74, 6) is -0.226. The van der Waals surface area contributed by atoms with E-state index in [0.29, 0.717) is 0 Å². The molecule has 1 fully saturated rings. The minimum absolute atomic E-state index is 0.0287. The van der Waals surface area contributed by atoms with Gasteiger partial charge in [0.15, 0.2) is 0 Å². The molecule has 1 rings (SSSR count). The van der Waals surface area contributed by atoms with Gasteiger partial charge in [0.25, 0.3) is 5.91 Å². The first kappa shape index (κ1) is 12.9. The largest absolute Gasteiger partial charge is 0.447 e. The van der Waals surface area contributed by atoms with E-state index < -0.39 is 12.0 Å². The van der Waals surface area contributed by atoms with Crippen molar-refractivity contribution in [2.75, 3.05) is 27.1 Å². The van der Waals surface area contributed by atoms with Gasteiger partial charge in [-0.25, -0.2) is 9.69 Å². The second kappa shape index (κ2) is 5.81. The van der Waals surface area contributed by atoms with Gasteiger partial charge in [0, 0.05) is 7.11 Å². The summed E-state index contributed by atoms with van der Waals surface area (Å²) in [6.45, 7) is 3.98. The second-order valence-corrected chi connectivity index (χ2v) is 3.91. The van der Waals surface area contributed by atoms with E-state index in [4.69, 9.17) is 9.47 Å². The van der Waals surface area contributed by atoms with E-state index in [0.717, 1.165) is 4.90 Å². The minimum atomic E-state index is -0.593. The third-order valence-corrected chi connectivity index (χ3v) is 2.37. The first-order chi connectivity index (χ1) is 7.57. The maximum absolute atomic E-state index is 11.7. The van der Waals surface area contributed by atoms with Crippen LogP contribution in [0.2, 0.25) is 0 Å². The van der Waals surface area contributed by atoms with Gasteiger partial charge in [-0.3, -0.25) is 4.79 Å². The van der Waals surface area contributed by atoms with Crippen LogP contribution in [0.1, 0.15) is 13.8 Å². The van der Waals surface area contributed by atoms with Crippen LogP contribution >= 0.6 is 0 Å².